The average molecular weight is 254 g/mol. The smallest absolute Gasteiger partial charge is 0.326 e. The van der Waals surface area contributed by atoms with Gasteiger partial charge in [0.05, 0.1) is 7.11 Å². The molecule has 0 bridgehead atoms. The number of methoxy groups -OCH3 is 1. The summed E-state index contributed by atoms with van der Waals surface area (Å²) in [6.45, 7) is 3.60. The molecule has 0 amide bonds. The molecule has 4 nitrogen and oxygen atoms in total. The molecule has 0 aromatic rings. The highest BCUT2D eigenvalue weighted by Gasteiger charge is 2.48. The predicted molar refractivity (Wildman–Crippen MR) is 71.4 cm³/mol. The van der Waals surface area contributed by atoms with Crippen molar-refractivity contribution in [1.82, 2.24) is 10.2 Å². The molecule has 104 valence electrons. The molecule has 0 radical (unpaired) electrons. The minimum Gasteiger partial charge on any atom is -0.468 e. The Labute approximate surface area is 110 Å². The Balaban J connectivity index is 1.94. The molecular weight excluding hydrogens is 228 g/mol. The van der Waals surface area contributed by atoms with Crippen LogP contribution in [0.15, 0.2) is 0 Å². The average Bonchev–Trinajstić information content (AvgIpc) is 3.04. The summed E-state index contributed by atoms with van der Waals surface area (Å²) in [5, 5.41) is 3.26. The third-order valence-electron chi connectivity index (χ3n) is 4.81. The summed E-state index contributed by atoms with van der Waals surface area (Å²) in [5.41, 5.74) is -0.422. The maximum absolute atomic E-state index is 12.1. The van der Waals surface area contributed by atoms with E-state index in [9.17, 15) is 4.79 Å². The van der Waals surface area contributed by atoms with E-state index in [2.05, 4.69) is 10.2 Å². The van der Waals surface area contributed by atoms with Gasteiger partial charge in [-0.15, -0.1) is 0 Å². The summed E-state index contributed by atoms with van der Waals surface area (Å²) >= 11 is 0. The van der Waals surface area contributed by atoms with Crippen LogP contribution in [0.5, 0.6) is 0 Å². The van der Waals surface area contributed by atoms with Crippen molar-refractivity contribution in [3.63, 3.8) is 0 Å². The second-order valence-electron chi connectivity index (χ2n) is 5.64. The van der Waals surface area contributed by atoms with Crippen LogP contribution in [0.25, 0.3) is 0 Å². The van der Waals surface area contributed by atoms with Crippen LogP contribution < -0.4 is 5.32 Å². The first-order valence-corrected chi connectivity index (χ1v) is 7.22. The van der Waals surface area contributed by atoms with E-state index in [1.807, 2.05) is 7.05 Å². The normalized spacial score (nSPS) is 32.9. The first kappa shape index (κ1) is 13.8. The number of carbonyl (C=O) groups excluding carboxylic acids is 1. The van der Waals surface area contributed by atoms with Gasteiger partial charge in [-0.3, -0.25) is 4.79 Å². The van der Waals surface area contributed by atoms with Gasteiger partial charge < -0.3 is 15.0 Å². The lowest BCUT2D eigenvalue weighted by molar-refractivity contribution is -0.150. The first-order chi connectivity index (χ1) is 8.73. The third-order valence-corrected chi connectivity index (χ3v) is 4.81. The highest BCUT2D eigenvalue weighted by Crippen LogP contribution is 2.38. The van der Waals surface area contributed by atoms with E-state index in [1.54, 1.807) is 0 Å². The lowest BCUT2D eigenvalue weighted by Gasteiger charge is -2.33. The van der Waals surface area contributed by atoms with Crippen LogP contribution in [0.4, 0.5) is 0 Å². The minimum atomic E-state index is -0.422. The Morgan fingerprint density at radius 3 is 2.72 bits per heavy atom. The molecule has 18 heavy (non-hydrogen) atoms. The zero-order chi connectivity index (χ0) is 13.0. The zero-order valence-corrected chi connectivity index (χ0v) is 11.7. The minimum absolute atomic E-state index is 0.0751. The fraction of sp³-hybridized carbons (Fsp3) is 0.929. The molecule has 1 saturated carbocycles. The first-order valence-electron chi connectivity index (χ1n) is 7.22. The van der Waals surface area contributed by atoms with E-state index in [-0.39, 0.29) is 5.97 Å². The molecule has 1 heterocycles. The van der Waals surface area contributed by atoms with E-state index >= 15 is 0 Å². The summed E-state index contributed by atoms with van der Waals surface area (Å²) in [6.07, 6.45) is 6.96. The van der Waals surface area contributed by atoms with Crippen molar-refractivity contribution < 1.29 is 9.53 Å². The monoisotopic (exact) mass is 254 g/mol. The van der Waals surface area contributed by atoms with Gasteiger partial charge in [-0.05, 0) is 64.7 Å². The number of hydrogen-bond acceptors (Lipinski definition) is 4. The Morgan fingerprint density at radius 2 is 2.11 bits per heavy atom. The number of carbonyl (C=O) groups is 1. The Morgan fingerprint density at radius 1 is 1.39 bits per heavy atom. The number of hydrogen-bond donors (Lipinski definition) is 1. The summed E-state index contributed by atoms with van der Waals surface area (Å²) in [6, 6.07) is 0. The number of ether oxygens (including phenoxy) is 1. The fourth-order valence-electron chi connectivity index (χ4n) is 3.70. The maximum Gasteiger partial charge on any atom is 0.326 e. The molecule has 0 aromatic carbocycles. The zero-order valence-electron chi connectivity index (χ0n) is 11.7. The van der Waals surface area contributed by atoms with E-state index in [0.29, 0.717) is 5.92 Å². The van der Waals surface area contributed by atoms with Crippen molar-refractivity contribution in [2.75, 3.05) is 33.8 Å². The molecule has 1 aliphatic carbocycles. The van der Waals surface area contributed by atoms with Gasteiger partial charge in [0.25, 0.3) is 0 Å². The molecule has 0 spiro atoms. The van der Waals surface area contributed by atoms with Crippen LogP contribution in [0.2, 0.25) is 0 Å². The van der Waals surface area contributed by atoms with Crippen molar-refractivity contribution >= 4 is 5.97 Å². The van der Waals surface area contributed by atoms with E-state index in [4.69, 9.17) is 4.74 Å². The number of likely N-dealkylation sites (N-methyl/N-ethyl adjacent to an activating group) is 1. The largest absolute Gasteiger partial charge is 0.468 e. The van der Waals surface area contributed by atoms with Gasteiger partial charge in [-0.2, -0.15) is 0 Å². The summed E-state index contributed by atoms with van der Waals surface area (Å²) in [7, 11) is 3.39. The molecule has 1 saturated heterocycles. The van der Waals surface area contributed by atoms with Crippen molar-refractivity contribution in [3.05, 3.63) is 0 Å². The number of nitrogens with zero attached hydrogens (tertiary/aromatic N) is 1. The van der Waals surface area contributed by atoms with E-state index in [0.717, 1.165) is 32.2 Å². The molecular formula is C14H26N2O2. The lowest BCUT2D eigenvalue weighted by atomic mass is 9.84. The van der Waals surface area contributed by atoms with Crippen LogP contribution >= 0.6 is 0 Å². The van der Waals surface area contributed by atoms with Crippen molar-refractivity contribution in [1.29, 1.82) is 0 Å². The molecule has 4 heteroatoms. The highest BCUT2D eigenvalue weighted by molar-refractivity contribution is 5.81. The number of nitrogens with one attached hydrogen (secondary N) is 1. The van der Waals surface area contributed by atoms with Gasteiger partial charge in [-0.25, -0.2) is 0 Å². The molecule has 1 aliphatic heterocycles. The second kappa shape index (κ2) is 6.02. The van der Waals surface area contributed by atoms with Crippen molar-refractivity contribution in [3.8, 4) is 0 Å². The summed E-state index contributed by atoms with van der Waals surface area (Å²) in [4.78, 5) is 14.6. The molecule has 2 rings (SSSR count). The molecule has 0 aromatic heterocycles. The van der Waals surface area contributed by atoms with Gasteiger partial charge in [-0.1, -0.05) is 6.42 Å². The van der Waals surface area contributed by atoms with Gasteiger partial charge in [0.15, 0.2) is 0 Å². The lowest BCUT2D eigenvalue weighted by Crippen LogP contribution is -2.54. The summed E-state index contributed by atoms with van der Waals surface area (Å²) in [5.74, 6) is 0.351. The second-order valence-corrected chi connectivity index (χ2v) is 5.64. The Hall–Kier alpha value is -0.610. The van der Waals surface area contributed by atoms with Crippen molar-refractivity contribution in [2.24, 2.45) is 5.92 Å². The van der Waals surface area contributed by atoms with Crippen LogP contribution in [-0.2, 0) is 9.53 Å². The van der Waals surface area contributed by atoms with Crippen LogP contribution in [0.1, 0.15) is 38.5 Å². The van der Waals surface area contributed by atoms with Gasteiger partial charge in [0.1, 0.15) is 5.54 Å². The maximum atomic E-state index is 12.1. The van der Waals surface area contributed by atoms with Crippen LogP contribution in [-0.4, -0.2) is 50.2 Å². The van der Waals surface area contributed by atoms with Gasteiger partial charge in [0.2, 0.25) is 0 Å². The fourth-order valence-corrected chi connectivity index (χ4v) is 3.70. The number of rotatable bonds is 5. The Bertz CT molecular complexity index is 290. The standard InChI is InChI=1S/C14H26N2O2/c1-15-14(13(17)18-2)8-5-6-12(14)7-11-16-9-3-4-10-16/h12,15H,3-11H2,1-2H3. The quantitative estimate of drug-likeness (QED) is 0.753. The topological polar surface area (TPSA) is 41.6 Å². The summed E-state index contributed by atoms with van der Waals surface area (Å²) < 4.78 is 5.02. The molecule has 2 unspecified atom stereocenters. The Kier molecular flexibility index (Phi) is 4.62. The van der Waals surface area contributed by atoms with E-state index < -0.39 is 5.54 Å². The number of likely N-dealkylation sites (tertiary alicyclic amines) is 1. The molecule has 1 N–H and O–H groups in total. The SMILES string of the molecule is CNC1(C(=O)OC)CCCC1CCN1CCCC1. The van der Waals surface area contributed by atoms with Gasteiger partial charge >= 0.3 is 5.97 Å². The molecule has 2 fully saturated rings. The molecule has 2 atom stereocenters. The van der Waals surface area contributed by atoms with Gasteiger partial charge in [0, 0.05) is 0 Å². The van der Waals surface area contributed by atoms with Crippen LogP contribution in [0, 0.1) is 5.92 Å². The van der Waals surface area contributed by atoms with Crippen molar-refractivity contribution in [2.45, 2.75) is 44.1 Å². The highest BCUT2D eigenvalue weighted by atomic mass is 16.5. The third kappa shape index (κ3) is 2.54. The number of esters is 1. The van der Waals surface area contributed by atoms with Crippen LogP contribution in [0.3, 0.4) is 0 Å². The molecule has 2 aliphatic rings. The predicted octanol–water partition coefficient (Wildman–Crippen LogP) is 1.40. The van der Waals surface area contributed by atoms with E-state index in [1.165, 1.54) is 33.0 Å².